The third kappa shape index (κ3) is 4.50. The molecule has 0 bridgehead atoms. The van der Waals surface area contributed by atoms with Gasteiger partial charge in [0.2, 0.25) is 0 Å². The lowest BCUT2D eigenvalue weighted by atomic mass is 9.95. The third-order valence-corrected chi connectivity index (χ3v) is 6.62. The van der Waals surface area contributed by atoms with Gasteiger partial charge in [-0.1, -0.05) is 23.7 Å². The summed E-state index contributed by atoms with van der Waals surface area (Å²) >= 11 is 6.13. The van der Waals surface area contributed by atoms with Crippen LogP contribution in [0.1, 0.15) is 31.0 Å². The second-order valence-corrected chi connectivity index (χ2v) is 8.71. The molecule has 3 aromatic rings. The van der Waals surface area contributed by atoms with Crippen molar-refractivity contribution in [2.24, 2.45) is 0 Å². The number of aliphatic hydroxyl groups excluding tert-OH is 1. The first-order chi connectivity index (χ1) is 17.3. The molecule has 2 N–H and O–H groups in total. The average molecular weight is 507 g/mol. The molecule has 1 unspecified atom stereocenters. The Bertz CT molecular complexity index is 1330. The second kappa shape index (κ2) is 10.3. The van der Waals surface area contributed by atoms with Crippen molar-refractivity contribution in [2.45, 2.75) is 19.9 Å². The summed E-state index contributed by atoms with van der Waals surface area (Å²) in [5, 5.41) is 21.8. The number of ether oxygens (including phenoxy) is 1. The van der Waals surface area contributed by atoms with Crippen LogP contribution in [-0.4, -0.2) is 42.1 Å². The van der Waals surface area contributed by atoms with E-state index in [1.54, 1.807) is 36.4 Å². The molecule has 36 heavy (non-hydrogen) atoms. The number of anilines is 2. The number of hydrogen-bond donors (Lipinski definition) is 2. The van der Waals surface area contributed by atoms with Gasteiger partial charge in [0.05, 0.1) is 23.7 Å². The van der Waals surface area contributed by atoms with E-state index in [2.05, 4.69) is 18.7 Å². The normalized spacial score (nSPS) is 16.9. The molecule has 1 amide bonds. The Morgan fingerprint density at radius 2 is 1.72 bits per heavy atom. The number of rotatable bonds is 7. The Hall–Kier alpha value is -3.97. The molecule has 186 valence electrons. The van der Waals surface area contributed by atoms with Crippen molar-refractivity contribution < 1.29 is 24.5 Å². The van der Waals surface area contributed by atoms with Gasteiger partial charge in [0.25, 0.3) is 11.7 Å². The lowest BCUT2D eigenvalue weighted by molar-refractivity contribution is -0.132. The van der Waals surface area contributed by atoms with Gasteiger partial charge in [0.1, 0.15) is 17.3 Å². The summed E-state index contributed by atoms with van der Waals surface area (Å²) in [6.45, 7) is 5.77. The fourth-order valence-corrected chi connectivity index (χ4v) is 4.68. The van der Waals surface area contributed by atoms with Crippen LogP contribution in [0.5, 0.6) is 11.5 Å². The van der Waals surface area contributed by atoms with Crippen molar-refractivity contribution in [1.29, 1.82) is 0 Å². The molecule has 0 spiro atoms. The molecule has 0 aliphatic carbocycles. The number of aromatic hydroxyl groups is 1. The molecule has 0 radical (unpaired) electrons. The lowest BCUT2D eigenvalue weighted by Gasteiger charge is -2.27. The van der Waals surface area contributed by atoms with Gasteiger partial charge < -0.3 is 19.8 Å². The molecule has 3 aromatic carbocycles. The minimum Gasteiger partial charge on any atom is -0.508 e. The van der Waals surface area contributed by atoms with E-state index in [0.717, 1.165) is 18.8 Å². The van der Waals surface area contributed by atoms with Crippen molar-refractivity contribution >= 4 is 40.4 Å². The number of amides is 1. The second-order valence-electron chi connectivity index (χ2n) is 8.30. The van der Waals surface area contributed by atoms with Crippen molar-refractivity contribution in [3.05, 3.63) is 88.5 Å². The number of ketones is 1. The first kappa shape index (κ1) is 25.1. The van der Waals surface area contributed by atoms with Gasteiger partial charge >= 0.3 is 0 Å². The monoisotopic (exact) mass is 506 g/mol. The van der Waals surface area contributed by atoms with Crippen LogP contribution in [0.25, 0.3) is 5.76 Å². The van der Waals surface area contributed by atoms with Crippen LogP contribution in [0.4, 0.5) is 11.4 Å². The molecular formula is C28H27ClN2O5. The zero-order chi connectivity index (χ0) is 26.0. The summed E-state index contributed by atoms with van der Waals surface area (Å²) in [6.07, 6.45) is 0. The van der Waals surface area contributed by atoms with Gasteiger partial charge in [-0.15, -0.1) is 0 Å². The fraction of sp³-hybridized carbons (Fsp3) is 0.214. The SMILES string of the molecule is CCN(CC)c1ccc(N2C(=O)C(=O)/C(=C(\O)c3ccc(Cl)c(OC)c3)C2c2cccc(O)c2)cc1. The molecule has 1 saturated heterocycles. The van der Waals surface area contributed by atoms with Crippen LogP contribution in [0.15, 0.2) is 72.3 Å². The van der Waals surface area contributed by atoms with Gasteiger partial charge in [0, 0.05) is 30.0 Å². The molecule has 4 rings (SSSR count). The summed E-state index contributed by atoms with van der Waals surface area (Å²) in [6, 6.07) is 17.3. The highest BCUT2D eigenvalue weighted by molar-refractivity contribution is 6.51. The molecular weight excluding hydrogens is 480 g/mol. The van der Waals surface area contributed by atoms with Gasteiger partial charge in [-0.25, -0.2) is 0 Å². The predicted octanol–water partition coefficient (Wildman–Crippen LogP) is 5.53. The number of carbonyl (C=O) groups excluding carboxylic acids is 2. The Morgan fingerprint density at radius 1 is 1.03 bits per heavy atom. The van der Waals surface area contributed by atoms with Crippen molar-refractivity contribution in [2.75, 3.05) is 30.0 Å². The highest BCUT2D eigenvalue weighted by Gasteiger charge is 2.47. The maximum Gasteiger partial charge on any atom is 0.300 e. The van der Waals surface area contributed by atoms with E-state index in [0.29, 0.717) is 22.0 Å². The molecule has 1 aliphatic heterocycles. The van der Waals surface area contributed by atoms with Crippen LogP contribution in [0, 0.1) is 0 Å². The van der Waals surface area contributed by atoms with Crippen LogP contribution in [0.2, 0.25) is 5.02 Å². The van der Waals surface area contributed by atoms with Crippen LogP contribution < -0.4 is 14.5 Å². The van der Waals surface area contributed by atoms with E-state index >= 15 is 0 Å². The third-order valence-electron chi connectivity index (χ3n) is 6.31. The maximum atomic E-state index is 13.3. The van der Waals surface area contributed by atoms with E-state index in [1.165, 1.54) is 30.2 Å². The highest BCUT2D eigenvalue weighted by atomic mass is 35.5. The van der Waals surface area contributed by atoms with Gasteiger partial charge in [-0.3, -0.25) is 14.5 Å². The smallest absolute Gasteiger partial charge is 0.300 e. The number of phenolic OH excluding ortho intramolecular Hbond substituents is 1. The van der Waals surface area contributed by atoms with Gasteiger partial charge in [0.15, 0.2) is 0 Å². The molecule has 7 nitrogen and oxygen atoms in total. The molecule has 1 heterocycles. The number of aliphatic hydroxyl groups is 1. The number of methoxy groups -OCH3 is 1. The van der Waals surface area contributed by atoms with E-state index in [-0.39, 0.29) is 22.6 Å². The number of phenols is 1. The topological polar surface area (TPSA) is 90.3 Å². The standard InChI is InChI=1S/C28H27ClN2O5/c1-4-30(5-2)19-10-12-20(13-11-19)31-25(17-7-6-8-21(32)15-17)24(27(34)28(31)35)26(33)18-9-14-22(29)23(16-18)36-3/h6-16,25,32-33H,4-5H2,1-3H3/b26-24-. The van der Waals surface area contributed by atoms with E-state index < -0.39 is 17.7 Å². The summed E-state index contributed by atoms with van der Waals surface area (Å²) in [5.74, 6) is -1.68. The molecule has 1 atom stereocenters. The van der Waals surface area contributed by atoms with Gasteiger partial charge in [-0.2, -0.15) is 0 Å². The first-order valence-electron chi connectivity index (χ1n) is 11.6. The Labute approximate surface area is 214 Å². The van der Waals surface area contributed by atoms with Crippen LogP contribution >= 0.6 is 11.6 Å². The molecule has 8 heteroatoms. The Balaban J connectivity index is 1.89. The number of benzene rings is 3. The summed E-state index contributed by atoms with van der Waals surface area (Å²) in [7, 11) is 1.44. The summed E-state index contributed by atoms with van der Waals surface area (Å²) in [5.41, 5.74) is 2.14. The Morgan fingerprint density at radius 3 is 2.33 bits per heavy atom. The fourth-order valence-electron chi connectivity index (χ4n) is 4.48. The first-order valence-corrected chi connectivity index (χ1v) is 12.0. The minimum atomic E-state index is -0.960. The van der Waals surface area contributed by atoms with Crippen molar-refractivity contribution in [3.8, 4) is 11.5 Å². The molecule has 0 aromatic heterocycles. The molecule has 1 fully saturated rings. The van der Waals surface area contributed by atoms with Gasteiger partial charge in [-0.05, 0) is 74.0 Å². The summed E-state index contributed by atoms with van der Waals surface area (Å²) < 4.78 is 5.25. The number of halogens is 1. The van der Waals surface area contributed by atoms with E-state index in [9.17, 15) is 19.8 Å². The zero-order valence-electron chi connectivity index (χ0n) is 20.2. The lowest BCUT2D eigenvalue weighted by Crippen LogP contribution is -2.29. The maximum absolute atomic E-state index is 13.3. The number of hydrogen-bond acceptors (Lipinski definition) is 6. The highest BCUT2D eigenvalue weighted by Crippen LogP contribution is 2.43. The van der Waals surface area contributed by atoms with Crippen LogP contribution in [-0.2, 0) is 9.59 Å². The van der Waals surface area contributed by atoms with Crippen molar-refractivity contribution in [1.82, 2.24) is 0 Å². The van der Waals surface area contributed by atoms with Crippen molar-refractivity contribution in [3.63, 3.8) is 0 Å². The Kier molecular flexibility index (Phi) is 7.22. The largest absolute Gasteiger partial charge is 0.508 e. The van der Waals surface area contributed by atoms with E-state index in [4.69, 9.17) is 16.3 Å². The number of nitrogens with zero attached hydrogens (tertiary/aromatic N) is 2. The number of carbonyl (C=O) groups is 2. The number of Topliss-reactive ketones (excluding diaryl/α,β-unsaturated/α-hetero) is 1. The average Bonchev–Trinajstić information content (AvgIpc) is 3.15. The molecule has 0 saturated carbocycles. The summed E-state index contributed by atoms with van der Waals surface area (Å²) in [4.78, 5) is 30.2. The minimum absolute atomic E-state index is 0.0249. The zero-order valence-corrected chi connectivity index (χ0v) is 21.0. The quantitative estimate of drug-likeness (QED) is 0.249. The van der Waals surface area contributed by atoms with E-state index in [1.807, 2.05) is 12.1 Å². The predicted molar refractivity (Wildman–Crippen MR) is 141 cm³/mol. The van der Waals surface area contributed by atoms with Crippen LogP contribution in [0.3, 0.4) is 0 Å². The molecule has 1 aliphatic rings.